The lowest BCUT2D eigenvalue weighted by Crippen LogP contribution is -2.29. The van der Waals surface area contributed by atoms with Gasteiger partial charge in [0, 0.05) is 32.0 Å². The lowest BCUT2D eigenvalue weighted by molar-refractivity contribution is 0.0904. The van der Waals surface area contributed by atoms with Gasteiger partial charge in [-0.25, -0.2) is 14.1 Å². The van der Waals surface area contributed by atoms with E-state index >= 15 is 0 Å². The fourth-order valence-electron chi connectivity index (χ4n) is 3.42. The molecule has 1 aliphatic rings. The highest BCUT2D eigenvalue weighted by Gasteiger charge is 2.23. The van der Waals surface area contributed by atoms with Crippen LogP contribution < -0.4 is 10.6 Å². The topological polar surface area (TPSA) is 81.1 Å². The number of hydrogen-bond acceptors (Lipinski definition) is 5. The van der Waals surface area contributed by atoms with Crippen molar-refractivity contribution in [2.24, 2.45) is 0 Å². The molecule has 0 atom stereocenters. The van der Waals surface area contributed by atoms with E-state index in [-0.39, 0.29) is 16.8 Å². The highest BCUT2D eigenvalue weighted by molar-refractivity contribution is 6.31. The zero-order valence-corrected chi connectivity index (χ0v) is 16.7. The average molecular weight is 418 g/mol. The second-order valence-corrected chi connectivity index (χ2v) is 7.24. The van der Waals surface area contributed by atoms with Gasteiger partial charge in [0.05, 0.1) is 33.5 Å². The van der Waals surface area contributed by atoms with E-state index in [1.165, 1.54) is 18.3 Å². The molecule has 152 valence electrons. The number of hydrogen-bond donors (Lipinski definition) is 2. The third kappa shape index (κ3) is 3.90. The van der Waals surface area contributed by atoms with E-state index in [1.807, 2.05) is 6.92 Å². The molecule has 1 amide bonds. The molecule has 0 radical (unpaired) electrons. The number of nitrogens with zero attached hydrogens (tertiary/aromatic N) is 3. The summed E-state index contributed by atoms with van der Waals surface area (Å²) in [5.74, 6) is -1.14. The first kappa shape index (κ1) is 19.6. The van der Waals surface area contributed by atoms with Gasteiger partial charge in [0.2, 0.25) is 0 Å². The predicted molar refractivity (Wildman–Crippen MR) is 110 cm³/mol. The minimum absolute atomic E-state index is 0.0175. The Labute approximate surface area is 172 Å². The van der Waals surface area contributed by atoms with Crippen molar-refractivity contribution in [3.63, 3.8) is 0 Å². The quantitative estimate of drug-likeness (QED) is 0.653. The molecule has 4 rings (SSSR count). The van der Waals surface area contributed by atoms with Crippen LogP contribution in [0.25, 0.3) is 11.0 Å². The molecular formula is C20H21ClFN5O2. The molecule has 3 heterocycles. The fraction of sp³-hybridized carbons (Fsp3) is 0.350. The Hall–Kier alpha value is -2.71. The monoisotopic (exact) mass is 417 g/mol. The standard InChI is InChI=1S/C20H21ClFN5O2/c1-2-27-19-13(11-24-27)18(25-12-6-8-29-9-7-12)14(10-23-19)20(28)26-16-5-3-4-15(21)17(16)22/h3-5,10-12H,2,6-9H2,1H3,(H,23,25)(H,26,28). The molecule has 29 heavy (non-hydrogen) atoms. The Morgan fingerprint density at radius 1 is 1.34 bits per heavy atom. The first-order chi connectivity index (χ1) is 14.1. The van der Waals surface area contributed by atoms with Crippen molar-refractivity contribution in [3.05, 3.63) is 47.0 Å². The molecule has 0 bridgehead atoms. The molecule has 7 nitrogen and oxygen atoms in total. The van der Waals surface area contributed by atoms with E-state index in [1.54, 1.807) is 16.9 Å². The van der Waals surface area contributed by atoms with Gasteiger partial charge in [0.25, 0.3) is 5.91 Å². The van der Waals surface area contributed by atoms with Crippen molar-refractivity contribution in [3.8, 4) is 0 Å². The Balaban J connectivity index is 1.72. The third-order valence-electron chi connectivity index (χ3n) is 4.98. The van der Waals surface area contributed by atoms with Crippen LogP contribution in [0.15, 0.2) is 30.6 Å². The number of pyridine rings is 1. The first-order valence-electron chi connectivity index (χ1n) is 9.52. The summed E-state index contributed by atoms with van der Waals surface area (Å²) < 4.78 is 21.4. The predicted octanol–water partition coefficient (Wildman–Crippen LogP) is 4.09. The van der Waals surface area contributed by atoms with Gasteiger partial charge < -0.3 is 15.4 Å². The first-order valence-corrected chi connectivity index (χ1v) is 9.90. The van der Waals surface area contributed by atoms with Gasteiger partial charge >= 0.3 is 0 Å². The van der Waals surface area contributed by atoms with E-state index in [0.29, 0.717) is 36.7 Å². The van der Waals surface area contributed by atoms with Crippen LogP contribution in [0.2, 0.25) is 5.02 Å². The molecule has 1 saturated heterocycles. The van der Waals surface area contributed by atoms with Gasteiger partial charge in [-0.2, -0.15) is 5.10 Å². The molecule has 3 aromatic rings. The fourth-order valence-corrected chi connectivity index (χ4v) is 3.60. The number of carbonyl (C=O) groups is 1. The molecule has 0 saturated carbocycles. The molecule has 2 aromatic heterocycles. The van der Waals surface area contributed by atoms with Crippen LogP contribution in [0.4, 0.5) is 15.8 Å². The lowest BCUT2D eigenvalue weighted by Gasteiger charge is -2.25. The van der Waals surface area contributed by atoms with Gasteiger partial charge in [-0.15, -0.1) is 0 Å². The summed E-state index contributed by atoms with van der Waals surface area (Å²) in [4.78, 5) is 17.4. The lowest BCUT2D eigenvalue weighted by atomic mass is 10.1. The zero-order chi connectivity index (χ0) is 20.4. The number of rotatable bonds is 5. The van der Waals surface area contributed by atoms with Crippen molar-refractivity contribution in [1.29, 1.82) is 0 Å². The van der Waals surface area contributed by atoms with Gasteiger partial charge in [-0.3, -0.25) is 4.79 Å². The van der Waals surface area contributed by atoms with E-state index in [9.17, 15) is 9.18 Å². The zero-order valence-electron chi connectivity index (χ0n) is 15.9. The van der Waals surface area contributed by atoms with Gasteiger partial charge in [0.15, 0.2) is 11.5 Å². The number of carbonyl (C=O) groups excluding carboxylic acids is 1. The Morgan fingerprint density at radius 3 is 2.90 bits per heavy atom. The molecule has 0 aliphatic carbocycles. The minimum atomic E-state index is -0.672. The van der Waals surface area contributed by atoms with E-state index in [2.05, 4.69) is 20.7 Å². The summed E-state index contributed by atoms with van der Waals surface area (Å²) in [7, 11) is 0. The third-order valence-corrected chi connectivity index (χ3v) is 5.27. The number of ether oxygens (including phenoxy) is 1. The number of amides is 1. The van der Waals surface area contributed by atoms with Crippen LogP contribution >= 0.6 is 11.6 Å². The summed E-state index contributed by atoms with van der Waals surface area (Å²) >= 11 is 5.83. The van der Waals surface area contributed by atoms with Crippen molar-refractivity contribution in [1.82, 2.24) is 14.8 Å². The van der Waals surface area contributed by atoms with Crippen molar-refractivity contribution >= 4 is 39.9 Å². The molecule has 0 unspecified atom stereocenters. The van der Waals surface area contributed by atoms with Crippen molar-refractivity contribution < 1.29 is 13.9 Å². The van der Waals surface area contributed by atoms with Gasteiger partial charge in [-0.05, 0) is 31.9 Å². The maximum Gasteiger partial charge on any atom is 0.259 e. The second kappa shape index (κ2) is 8.34. The maximum atomic E-state index is 14.2. The van der Waals surface area contributed by atoms with Crippen molar-refractivity contribution in [2.45, 2.75) is 32.4 Å². The molecule has 9 heteroatoms. The number of nitrogens with one attached hydrogen (secondary N) is 2. The average Bonchev–Trinajstić information content (AvgIpc) is 3.16. The minimum Gasteiger partial charge on any atom is -0.381 e. The van der Waals surface area contributed by atoms with Crippen LogP contribution in [0, 0.1) is 5.82 Å². The van der Waals surface area contributed by atoms with E-state index in [4.69, 9.17) is 16.3 Å². The second-order valence-electron chi connectivity index (χ2n) is 6.83. The molecule has 1 aliphatic heterocycles. The molecule has 2 N–H and O–H groups in total. The van der Waals surface area contributed by atoms with Crippen LogP contribution in [0.5, 0.6) is 0 Å². The molecule has 1 aromatic carbocycles. The summed E-state index contributed by atoms with van der Waals surface area (Å²) in [6.45, 7) is 3.96. The number of aromatic nitrogens is 3. The van der Waals surface area contributed by atoms with Gasteiger partial charge in [-0.1, -0.05) is 17.7 Å². The number of halogens is 2. The molecule has 1 fully saturated rings. The number of fused-ring (bicyclic) bond motifs is 1. The van der Waals surface area contributed by atoms with Crippen LogP contribution in [0.1, 0.15) is 30.1 Å². The SMILES string of the molecule is CCn1ncc2c(NC3CCOCC3)c(C(=O)Nc3cccc(Cl)c3F)cnc21. The Morgan fingerprint density at radius 2 is 2.14 bits per heavy atom. The summed E-state index contributed by atoms with van der Waals surface area (Å²) in [5.41, 5.74) is 1.66. The number of aryl methyl sites for hydroxylation is 1. The van der Waals surface area contributed by atoms with Crippen LogP contribution in [0.3, 0.4) is 0 Å². The smallest absolute Gasteiger partial charge is 0.259 e. The summed E-state index contributed by atoms with van der Waals surface area (Å²) in [6, 6.07) is 4.63. The van der Waals surface area contributed by atoms with E-state index in [0.717, 1.165) is 18.2 Å². The highest BCUT2D eigenvalue weighted by Crippen LogP contribution is 2.30. The normalized spacial score (nSPS) is 14.9. The molecule has 0 spiro atoms. The maximum absolute atomic E-state index is 14.2. The largest absolute Gasteiger partial charge is 0.381 e. The highest BCUT2D eigenvalue weighted by atomic mass is 35.5. The summed E-state index contributed by atoms with van der Waals surface area (Å²) in [5, 5.41) is 11.1. The van der Waals surface area contributed by atoms with E-state index < -0.39 is 11.7 Å². The number of anilines is 2. The van der Waals surface area contributed by atoms with Crippen LogP contribution in [-0.4, -0.2) is 39.9 Å². The summed E-state index contributed by atoms with van der Waals surface area (Å²) in [6.07, 6.45) is 4.85. The van der Waals surface area contributed by atoms with Crippen molar-refractivity contribution in [2.75, 3.05) is 23.8 Å². The number of benzene rings is 1. The Bertz CT molecular complexity index is 1050. The van der Waals surface area contributed by atoms with Crippen LogP contribution in [-0.2, 0) is 11.3 Å². The van der Waals surface area contributed by atoms with Gasteiger partial charge in [0.1, 0.15) is 0 Å². The molecular weight excluding hydrogens is 397 g/mol. The Kier molecular flexibility index (Phi) is 5.64.